The van der Waals surface area contributed by atoms with E-state index in [1.54, 1.807) is 16.7 Å². The molecule has 0 bridgehead atoms. The number of rotatable bonds is 3. The van der Waals surface area contributed by atoms with Gasteiger partial charge < -0.3 is 20.2 Å². The van der Waals surface area contributed by atoms with Gasteiger partial charge in [-0.1, -0.05) is 6.92 Å². The third kappa shape index (κ3) is 3.34. The van der Waals surface area contributed by atoms with Crippen molar-refractivity contribution in [1.29, 1.82) is 0 Å². The van der Waals surface area contributed by atoms with Gasteiger partial charge in [-0.3, -0.25) is 9.59 Å². The Balaban J connectivity index is 1.48. The van der Waals surface area contributed by atoms with Crippen molar-refractivity contribution in [2.24, 2.45) is 11.3 Å². The molecule has 1 aromatic carbocycles. The van der Waals surface area contributed by atoms with Crippen LogP contribution in [0.3, 0.4) is 0 Å². The van der Waals surface area contributed by atoms with Crippen LogP contribution in [0.25, 0.3) is 0 Å². The Morgan fingerprint density at radius 1 is 1.21 bits per heavy atom. The van der Waals surface area contributed by atoms with E-state index < -0.39 is 29.2 Å². The van der Waals surface area contributed by atoms with Gasteiger partial charge in [0.1, 0.15) is 29.0 Å². The second-order valence-electron chi connectivity index (χ2n) is 9.13. The van der Waals surface area contributed by atoms with Gasteiger partial charge in [0.2, 0.25) is 0 Å². The number of nitrogens with zero attached hydrogens (tertiary/aromatic N) is 2. The second kappa shape index (κ2) is 7.54. The number of Topliss-reactive ketones (excluding diaryl/α,β-unsaturated/α-hetero) is 2. The summed E-state index contributed by atoms with van der Waals surface area (Å²) in [5.74, 6) is -2.45. The van der Waals surface area contributed by atoms with Crippen molar-refractivity contribution in [2.45, 2.75) is 32.4 Å². The minimum atomic E-state index is -1.12. The lowest BCUT2D eigenvalue weighted by molar-refractivity contribution is -0.135. The molecule has 7 nitrogen and oxygen atoms in total. The number of carbonyl (C=O) groups is 3. The van der Waals surface area contributed by atoms with Gasteiger partial charge in [0.25, 0.3) is 0 Å². The first kappa shape index (κ1) is 21.4. The summed E-state index contributed by atoms with van der Waals surface area (Å²) in [4.78, 5) is 40.4. The number of dihydropyridines is 1. The molecule has 5 rings (SSSR count). The van der Waals surface area contributed by atoms with Crippen LogP contribution in [0.15, 0.2) is 59.3 Å². The van der Waals surface area contributed by atoms with E-state index in [9.17, 15) is 23.9 Å². The Labute approximate surface area is 189 Å². The van der Waals surface area contributed by atoms with Crippen LogP contribution in [0, 0.1) is 17.2 Å². The van der Waals surface area contributed by atoms with E-state index in [-0.39, 0.29) is 48.3 Å². The average molecular weight is 455 g/mol. The number of ketones is 2. The van der Waals surface area contributed by atoms with E-state index in [4.69, 9.17) is 0 Å². The van der Waals surface area contributed by atoms with Crippen molar-refractivity contribution in [3.63, 3.8) is 0 Å². The maximum Gasteiger partial charge on any atom is 0.333 e. The Morgan fingerprint density at radius 2 is 1.94 bits per heavy atom. The number of halogens is 2. The highest BCUT2D eigenvalue weighted by Crippen LogP contribution is 2.44. The number of benzene rings is 1. The molecule has 2 N–H and O–H groups in total. The fraction of sp³-hybridized carbons (Fsp3) is 0.375. The van der Waals surface area contributed by atoms with E-state index in [0.29, 0.717) is 24.2 Å². The summed E-state index contributed by atoms with van der Waals surface area (Å²) in [6, 6.07) is 5.58. The van der Waals surface area contributed by atoms with Gasteiger partial charge in [-0.2, -0.15) is 0 Å². The number of carbonyl (C=O) groups excluding carboxylic acids is 2. The van der Waals surface area contributed by atoms with Crippen LogP contribution in [0.5, 0.6) is 0 Å². The molecule has 1 saturated heterocycles. The van der Waals surface area contributed by atoms with E-state index in [1.807, 2.05) is 0 Å². The first-order chi connectivity index (χ1) is 15.7. The number of carboxylic acid groups (broad SMARTS) is 1. The Kier molecular flexibility index (Phi) is 4.88. The lowest BCUT2D eigenvalue weighted by Gasteiger charge is -2.41. The fourth-order valence-corrected chi connectivity index (χ4v) is 5.32. The van der Waals surface area contributed by atoms with Crippen molar-refractivity contribution in [2.75, 3.05) is 18.0 Å². The summed E-state index contributed by atoms with van der Waals surface area (Å²) in [6.45, 7) is 2.22. The highest BCUT2D eigenvalue weighted by Gasteiger charge is 2.57. The molecule has 1 saturated carbocycles. The number of allylic oxidation sites excluding steroid dienone is 2. The number of hydrogen-bond donors (Lipinski definition) is 2. The summed E-state index contributed by atoms with van der Waals surface area (Å²) in [6.07, 6.45) is 2.79. The second-order valence-corrected chi connectivity index (χ2v) is 9.13. The average Bonchev–Trinajstić information content (AvgIpc) is 3.31. The maximum atomic E-state index is 15.2. The van der Waals surface area contributed by atoms with Gasteiger partial charge in [0.15, 0.2) is 11.6 Å². The molecule has 33 heavy (non-hydrogen) atoms. The lowest BCUT2D eigenvalue weighted by atomic mass is 9.82. The van der Waals surface area contributed by atoms with E-state index in [0.717, 1.165) is 0 Å². The summed E-state index contributed by atoms with van der Waals surface area (Å²) in [7, 11) is 0. The highest BCUT2D eigenvalue weighted by atomic mass is 19.1. The Morgan fingerprint density at radius 3 is 2.58 bits per heavy atom. The number of hydrogen-bond acceptors (Lipinski definition) is 6. The van der Waals surface area contributed by atoms with Gasteiger partial charge >= 0.3 is 5.97 Å². The highest BCUT2D eigenvalue weighted by molar-refractivity contribution is 6.14. The maximum absolute atomic E-state index is 15.2. The van der Waals surface area contributed by atoms with Crippen molar-refractivity contribution in [3.8, 4) is 0 Å². The largest absolute Gasteiger partial charge is 0.478 e. The predicted molar refractivity (Wildman–Crippen MR) is 115 cm³/mol. The van der Waals surface area contributed by atoms with Crippen LogP contribution in [-0.4, -0.2) is 46.8 Å². The van der Waals surface area contributed by atoms with Gasteiger partial charge in [0, 0.05) is 43.7 Å². The monoisotopic (exact) mass is 455 g/mol. The van der Waals surface area contributed by atoms with Gasteiger partial charge in [-0.05, 0) is 42.3 Å². The molecular formula is C24H23F2N3O4. The topological polar surface area (TPSA) is 89.9 Å². The van der Waals surface area contributed by atoms with Crippen LogP contribution < -0.4 is 10.2 Å². The molecule has 172 valence electrons. The quantitative estimate of drug-likeness (QED) is 0.678. The molecule has 0 radical (unpaired) electrons. The zero-order valence-corrected chi connectivity index (χ0v) is 18.0. The molecule has 4 aliphatic rings. The van der Waals surface area contributed by atoms with Gasteiger partial charge in [-0.25, -0.2) is 13.6 Å². The molecule has 3 heterocycles. The lowest BCUT2D eigenvalue weighted by Crippen LogP contribution is -2.51. The van der Waals surface area contributed by atoms with Gasteiger partial charge in [0.05, 0.1) is 5.57 Å². The molecule has 1 aliphatic carbocycles. The van der Waals surface area contributed by atoms with Crippen molar-refractivity contribution in [3.05, 3.63) is 65.2 Å². The number of carboxylic acids is 1. The molecular weight excluding hydrogens is 432 g/mol. The van der Waals surface area contributed by atoms with Crippen molar-refractivity contribution >= 4 is 23.2 Å². The smallest absolute Gasteiger partial charge is 0.333 e. The third-order valence-electron chi connectivity index (χ3n) is 7.06. The number of fused-ring (bicyclic) bond motifs is 1. The molecule has 3 unspecified atom stereocenters. The van der Waals surface area contributed by atoms with Crippen molar-refractivity contribution < 1.29 is 28.3 Å². The Bertz CT molecular complexity index is 1160. The molecule has 9 heteroatoms. The van der Waals surface area contributed by atoms with Crippen LogP contribution >= 0.6 is 0 Å². The standard InChI is InChI=1S/C24H23F2N3O4/c1-13-8-19(30)24(20(13)31)6-7-28(12-24)22-18(26)10-14-9-15(23(32)33)11-29(21(14)27-22)17-4-2-16(25)3-5-17/h2-5,10-11,13,21,27H,6-9,12H2,1H3,(H,32,33). The molecule has 3 aliphatic heterocycles. The minimum Gasteiger partial charge on any atom is -0.478 e. The van der Waals surface area contributed by atoms with Crippen LogP contribution in [0.4, 0.5) is 14.5 Å². The van der Waals surface area contributed by atoms with E-state index in [2.05, 4.69) is 5.32 Å². The number of anilines is 1. The predicted octanol–water partition coefficient (Wildman–Crippen LogP) is 2.87. The summed E-state index contributed by atoms with van der Waals surface area (Å²) < 4.78 is 28.7. The molecule has 1 spiro atoms. The SMILES string of the molecule is CC1CC(=O)C2(CCN(C3=C(F)C=C4CC(C(=O)O)=CN(c5ccc(F)cc5)C4N3)C2)C1=O. The first-order valence-electron chi connectivity index (χ1n) is 10.9. The zero-order valence-electron chi connectivity index (χ0n) is 18.0. The van der Waals surface area contributed by atoms with Crippen LogP contribution in [0.2, 0.25) is 0 Å². The Hall–Kier alpha value is -3.49. The molecule has 0 aromatic heterocycles. The summed E-state index contributed by atoms with van der Waals surface area (Å²) in [5.41, 5.74) is 0.0396. The summed E-state index contributed by atoms with van der Waals surface area (Å²) in [5, 5.41) is 12.7. The fourth-order valence-electron chi connectivity index (χ4n) is 5.32. The molecule has 3 atom stereocenters. The minimum absolute atomic E-state index is 0.0455. The van der Waals surface area contributed by atoms with Crippen molar-refractivity contribution in [1.82, 2.24) is 10.2 Å². The third-order valence-corrected chi connectivity index (χ3v) is 7.06. The van der Waals surface area contributed by atoms with Gasteiger partial charge in [-0.15, -0.1) is 0 Å². The first-order valence-corrected chi connectivity index (χ1v) is 10.9. The number of nitrogens with one attached hydrogen (secondary N) is 1. The normalized spacial score (nSPS) is 29.3. The zero-order chi connectivity index (χ0) is 23.5. The van der Waals surface area contributed by atoms with E-state index in [1.165, 1.54) is 36.5 Å². The summed E-state index contributed by atoms with van der Waals surface area (Å²) >= 11 is 0. The molecule has 1 aromatic rings. The van der Waals surface area contributed by atoms with Crippen LogP contribution in [0.1, 0.15) is 26.2 Å². The molecule has 2 fully saturated rings. The molecule has 0 amide bonds. The van der Waals surface area contributed by atoms with Crippen LogP contribution in [-0.2, 0) is 14.4 Å². The number of aliphatic carboxylic acids is 1. The number of likely N-dealkylation sites (tertiary alicyclic amines) is 1. The van der Waals surface area contributed by atoms with E-state index >= 15 is 4.39 Å².